The van der Waals surface area contributed by atoms with Gasteiger partial charge in [-0.15, -0.1) is 0 Å². The van der Waals surface area contributed by atoms with Crippen molar-refractivity contribution >= 4 is 35.9 Å². The van der Waals surface area contributed by atoms with E-state index >= 15 is 0 Å². The first-order valence-corrected chi connectivity index (χ1v) is 16.6. The fourth-order valence-corrected chi connectivity index (χ4v) is 10.5. The minimum absolute atomic E-state index is 0.428. The molecule has 0 heterocycles. The van der Waals surface area contributed by atoms with Crippen LogP contribution in [0.4, 0.5) is 0 Å². The maximum atomic E-state index is 2.40. The molecule has 0 aromatic heterocycles. The van der Waals surface area contributed by atoms with E-state index in [1.165, 1.54) is 33.6 Å². The van der Waals surface area contributed by atoms with E-state index in [1.807, 2.05) is 0 Å². The Kier molecular flexibility index (Phi) is 10.1. The second kappa shape index (κ2) is 13.5. The van der Waals surface area contributed by atoms with Crippen molar-refractivity contribution in [1.29, 1.82) is 0 Å². The van der Waals surface area contributed by atoms with Gasteiger partial charge in [0.15, 0.2) is 0 Å². The molecule has 0 amide bonds. The van der Waals surface area contributed by atoms with E-state index in [0.717, 1.165) is 0 Å². The molecule has 0 saturated carbocycles. The van der Waals surface area contributed by atoms with E-state index in [1.54, 1.807) is 0 Å². The van der Waals surface area contributed by atoms with Gasteiger partial charge in [0.1, 0.15) is 6.15 Å². The number of rotatable bonds is 6. The van der Waals surface area contributed by atoms with Gasteiger partial charge in [-0.1, -0.05) is 152 Å². The van der Waals surface area contributed by atoms with E-state index in [9.17, 15) is 0 Å². The van der Waals surface area contributed by atoms with E-state index in [-0.39, 0.29) is 0 Å². The molecule has 0 aliphatic heterocycles. The topological polar surface area (TPSA) is 0 Å². The molecule has 5 aromatic rings. The lowest BCUT2D eigenvalue weighted by Crippen LogP contribution is -2.74. The zero-order valence-electron chi connectivity index (χ0n) is 25.7. The predicted molar refractivity (Wildman–Crippen MR) is 188 cm³/mol. The Morgan fingerprint density at radius 1 is 0.390 bits per heavy atom. The molecule has 0 unspecified atom stereocenters. The van der Waals surface area contributed by atoms with Crippen LogP contribution in [0.1, 0.15) is 47.1 Å². The predicted octanol–water partition coefficient (Wildman–Crippen LogP) is 8.06. The van der Waals surface area contributed by atoms with Crippen LogP contribution < -0.4 is 21.9 Å². The highest BCUT2D eigenvalue weighted by Gasteiger charge is 2.41. The maximum absolute atomic E-state index is 2.40. The van der Waals surface area contributed by atoms with Crippen LogP contribution in [0.2, 0.25) is 0 Å². The van der Waals surface area contributed by atoms with Crippen molar-refractivity contribution in [2.45, 2.75) is 58.0 Å². The zero-order valence-corrected chi connectivity index (χ0v) is 26.7. The van der Waals surface area contributed by atoms with E-state index in [4.69, 9.17) is 0 Å². The largest absolute Gasteiger partial charge is 0.195 e. The number of hydrogen-bond donors (Lipinski definition) is 0. The second-order valence-electron chi connectivity index (χ2n) is 13.1. The minimum Gasteiger partial charge on any atom is -0.195 e. The molecule has 2 heteroatoms. The Bertz CT molecular complexity index is 1260. The summed E-state index contributed by atoms with van der Waals surface area (Å²) in [5, 5.41) is 0.914. The molecule has 5 aromatic carbocycles. The van der Waals surface area contributed by atoms with Crippen LogP contribution in [-0.2, 0) is 6.16 Å². The lowest BCUT2D eigenvalue weighted by Gasteiger charge is -2.44. The molecule has 0 spiro atoms. The standard InChI is InChI=1S/C24H20B.C15H25P/c1-5-13-21(14-6-1)25(22-15-7-2-8-16-22,23-17-9-3-10-18-23)24-19-11-4-12-20-24;1-14(2,3)16(15(4,5)6)12-13-10-8-7-9-11-13/h1-20H;7-11H,12H2,1-6H3/q-1;/p+1. The summed E-state index contributed by atoms with van der Waals surface area (Å²) in [6, 6.07) is 54.5. The SMILES string of the molecule is CC(C)(C)[PH+](Cc1ccccc1)C(C)(C)C.c1ccc([B-](c2ccccc2)(c2ccccc2)c2ccccc2)cc1. The Balaban J connectivity index is 0.000000210. The van der Waals surface area contributed by atoms with Crippen molar-refractivity contribution < 1.29 is 0 Å². The summed E-state index contributed by atoms with van der Waals surface area (Å²) in [5.74, 6) is 0. The van der Waals surface area contributed by atoms with Gasteiger partial charge in [0.2, 0.25) is 0 Å². The van der Waals surface area contributed by atoms with Crippen LogP contribution >= 0.6 is 7.92 Å². The third-order valence-corrected chi connectivity index (χ3v) is 12.6. The number of benzene rings is 5. The van der Waals surface area contributed by atoms with Crippen LogP contribution in [0.15, 0.2) is 152 Å². The monoisotopic (exact) mass is 556 g/mol. The molecule has 0 N–H and O–H groups in total. The molecule has 0 aliphatic rings. The highest BCUT2D eigenvalue weighted by Crippen LogP contribution is 2.61. The fraction of sp³-hybridized carbons (Fsp3) is 0.231. The molecule has 0 radical (unpaired) electrons. The van der Waals surface area contributed by atoms with E-state index in [0.29, 0.717) is 10.3 Å². The van der Waals surface area contributed by atoms with Crippen LogP contribution in [0, 0.1) is 0 Å². The van der Waals surface area contributed by atoms with Gasteiger partial charge < -0.3 is 0 Å². The second-order valence-corrected chi connectivity index (χ2v) is 17.5. The van der Waals surface area contributed by atoms with E-state index in [2.05, 4.69) is 193 Å². The van der Waals surface area contributed by atoms with Crippen molar-refractivity contribution in [1.82, 2.24) is 0 Å². The normalized spacial score (nSPS) is 12.0. The molecular weight excluding hydrogens is 510 g/mol. The minimum atomic E-state index is -1.22. The summed E-state index contributed by atoms with van der Waals surface area (Å²) in [5.41, 5.74) is 6.86. The summed E-state index contributed by atoms with van der Waals surface area (Å²) in [4.78, 5) is 0. The smallest absolute Gasteiger partial charge is 0.108 e. The van der Waals surface area contributed by atoms with Gasteiger partial charge >= 0.3 is 0 Å². The van der Waals surface area contributed by atoms with Crippen molar-refractivity contribution in [3.63, 3.8) is 0 Å². The van der Waals surface area contributed by atoms with Gasteiger partial charge in [0.25, 0.3) is 0 Å². The van der Waals surface area contributed by atoms with Gasteiger partial charge in [-0.2, -0.15) is 21.9 Å². The van der Waals surface area contributed by atoms with Gasteiger partial charge in [0.05, 0.1) is 16.5 Å². The summed E-state index contributed by atoms with van der Waals surface area (Å²) in [6.45, 7) is 14.4. The molecule has 0 atom stereocenters. The Morgan fingerprint density at radius 2 is 0.634 bits per heavy atom. The van der Waals surface area contributed by atoms with Gasteiger partial charge in [-0.05, 0) is 47.1 Å². The highest BCUT2D eigenvalue weighted by molar-refractivity contribution is 7.60. The van der Waals surface area contributed by atoms with Crippen molar-refractivity contribution in [3.8, 4) is 0 Å². The van der Waals surface area contributed by atoms with Crippen LogP contribution in [0.3, 0.4) is 0 Å². The average molecular weight is 557 g/mol. The molecule has 41 heavy (non-hydrogen) atoms. The Morgan fingerprint density at radius 3 is 0.878 bits per heavy atom. The van der Waals surface area contributed by atoms with Crippen molar-refractivity contribution in [2.75, 3.05) is 0 Å². The van der Waals surface area contributed by atoms with Crippen LogP contribution in [0.25, 0.3) is 0 Å². The first-order chi connectivity index (χ1) is 19.6. The quantitative estimate of drug-likeness (QED) is 0.147. The van der Waals surface area contributed by atoms with E-state index < -0.39 is 14.1 Å². The van der Waals surface area contributed by atoms with Crippen molar-refractivity contribution in [2.24, 2.45) is 0 Å². The van der Waals surface area contributed by atoms with Gasteiger partial charge in [-0.25, -0.2) is 0 Å². The summed E-state index contributed by atoms with van der Waals surface area (Å²) in [6.07, 6.45) is 0.0607. The first-order valence-electron chi connectivity index (χ1n) is 14.9. The molecule has 0 saturated heterocycles. The first kappa shape index (κ1) is 30.6. The molecule has 0 bridgehead atoms. The molecule has 0 aliphatic carbocycles. The summed E-state index contributed by atoms with van der Waals surface area (Å²) in [7, 11) is -0.428. The molecule has 210 valence electrons. The molecule has 5 rings (SSSR count). The molecular formula is C39H46BP. The zero-order chi connectivity index (χ0) is 29.3. The third-order valence-electron chi connectivity index (χ3n) is 8.23. The van der Waals surface area contributed by atoms with Crippen LogP contribution in [0.5, 0.6) is 0 Å². The summed E-state index contributed by atoms with van der Waals surface area (Å²) < 4.78 is 0. The van der Waals surface area contributed by atoms with Crippen LogP contribution in [-0.4, -0.2) is 16.5 Å². The lowest BCUT2D eigenvalue weighted by atomic mass is 9.13. The fourth-order valence-electron chi connectivity index (χ4n) is 6.58. The Hall–Kier alpha value is -3.41. The highest BCUT2D eigenvalue weighted by atomic mass is 31.1. The maximum Gasteiger partial charge on any atom is 0.108 e. The average Bonchev–Trinajstić information content (AvgIpc) is 2.98. The number of hydrogen-bond acceptors (Lipinski definition) is 0. The van der Waals surface area contributed by atoms with Gasteiger partial charge in [-0.3, -0.25) is 0 Å². The molecule has 0 fully saturated rings. The Labute approximate surface area is 250 Å². The van der Waals surface area contributed by atoms with Gasteiger partial charge in [0, 0.05) is 7.92 Å². The van der Waals surface area contributed by atoms with Crippen molar-refractivity contribution in [3.05, 3.63) is 157 Å². The third kappa shape index (κ3) is 7.47. The summed E-state index contributed by atoms with van der Waals surface area (Å²) >= 11 is 0. The lowest BCUT2D eigenvalue weighted by molar-refractivity contribution is 0.702. The molecule has 0 nitrogen and oxygen atoms in total.